The SMILES string of the molecule is CC(=O)N1CCN(c2ncccc2CNC2CC2)CC1. The van der Waals surface area contributed by atoms with Gasteiger partial charge in [0.15, 0.2) is 0 Å². The zero-order valence-corrected chi connectivity index (χ0v) is 12.0. The molecule has 1 amide bonds. The van der Waals surface area contributed by atoms with Gasteiger partial charge in [0.1, 0.15) is 5.82 Å². The Kier molecular flexibility index (Phi) is 3.87. The fourth-order valence-corrected chi connectivity index (χ4v) is 2.63. The second kappa shape index (κ2) is 5.79. The second-order valence-corrected chi connectivity index (χ2v) is 5.63. The maximum atomic E-state index is 11.4. The van der Waals surface area contributed by atoms with Crippen molar-refractivity contribution < 1.29 is 4.79 Å². The van der Waals surface area contributed by atoms with E-state index < -0.39 is 0 Å². The van der Waals surface area contributed by atoms with Gasteiger partial charge in [-0.25, -0.2) is 4.98 Å². The molecule has 0 radical (unpaired) electrons. The first-order chi connectivity index (χ1) is 9.74. The summed E-state index contributed by atoms with van der Waals surface area (Å²) in [6.45, 7) is 5.85. The van der Waals surface area contributed by atoms with Crippen molar-refractivity contribution in [1.82, 2.24) is 15.2 Å². The summed E-state index contributed by atoms with van der Waals surface area (Å²) in [5, 5.41) is 3.55. The molecule has 0 bridgehead atoms. The fraction of sp³-hybridized carbons (Fsp3) is 0.600. The minimum Gasteiger partial charge on any atom is -0.353 e. The number of aromatic nitrogens is 1. The lowest BCUT2D eigenvalue weighted by molar-refractivity contribution is -0.129. The number of pyridine rings is 1. The maximum absolute atomic E-state index is 11.4. The number of carbonyl (C=O) groups is 1. The van der Waals surface area contributed by atoms with E-state index >= 15 is 0 Å². The van der Waals surface area contributed by atoms with Gasteiger partial charge in [-0.05, 0) is 18.9 Å². The van der Waals surface area contributed by atoms with Gasteiger partial charge in [-0.15, -0.1) is 0 Å². The molecule has 3 rings (SSSR count). The molecule has 2 heterocycles. The van der Waals surface area contributed by atoms with Crippen LogP contribution >= 0.6 is 0 Å². The number of hydrogen-bond donors (Lipinski definition) is 1. The number of nitrogens with one attached hydrogen (secondary N) is 1. The van der Waals surface area contributed by atoms with Crippen molar-refractivity contribution in [1.29, 1.82) is 0 Å². The lowest BCUT2D eigenvalue weighted by Crippen LogP contribution is -2.48. The second-order valence-electron chi connectivity index (χ2n) is 5.63. The van der Waals surface area contributed by atoms with Gasteiger partial charge in [-0.2, -0.15) is 0 Å². The number of amides is 1. The van der Waals surface area contributed by atoms with Crippen molar-refractivity contribution in [2.45, 2.75) is 32.4 Å². The van der Waals surface area contributed by atoms with Crippen LogP contribution in [0.15, 0.2) is 18.3 Å². The Morgan fingerprint density at radius 1 is 1.35 bits per heavy atom. The summed E-state index contributed by atoms with van der Waals surface area (Å²) in [6, 6.07) is 4.85. The molecule has 0 unspecified atom stereocenters. The molecule has 5 heteroatoms. The van der Waals surface area contributed by atoms with Crippen LogP contribution in [0.2, 0.25) is 0 Å². The van der Waals surface area contributed by atoms with Crippen LogP contribution in [0.3, 0.4) is 0 Å². The van der Waals surface area contributed by atoms with Gasteiger partial charge in [0.05, 0.1) is 0 Å². The van der Waals surface area contributed by atoms with E-state index in [1.807, 2.05) is 17.2 Å². The van der Waals surface area contributed by atoms with Gasteiger partial charge >= 0.3 is 0 Å². The summed E-state index contributed by atoms with van der Waals surface area (Å²) in [4.78, 5) is 20.1. The Morgan fingerprint density at radius 3 is 2.75 bits per heavy atom. The number of hydrogen-bond acceptors (Lipinski definition) is 4. The number of anilines is 1. The van der Waals surface area contributed by atoms with E-state index in [9.17, 15) is 4.79 Å². The Balaban J connectivity index is 1.65. The Morgan fingerprint density at radius 2 is 2.10 bits per heavy atom. The molecule has 1 saturated heterocycles. The summed E-state index contributed by atoms with van der Waals surface area (Å²) in [7, 11) is 0. The van der Waals surface area contributed by atoms with Crippen LogP contribution < -0.4 is 10.2 Å². The topological polar surface area (TPSA) is 48.5 Å². The summed E-state index contributed by atoms with van der Waals surface area (Å²) in [5.41, 5.74) is 1.26. The molecule has 0 spiro atoms. The summed E-state index contributed by atoms with van der Waals surface area (Å²) in [6.07, 6.45) is 4.45. The molecule has 1 aliphatic heterocycles. The van der Waals surface area contributed by atoms with E-state index in [2.05, 4.69) is 21.3 Å². The molecule has 20 heavy (non-hydrogen) atoms. The van der Waals surface area contributed by atoms with E-state index in [1.54, 1.807) is 6.92 Å². The predicted octanol–water partition coefficient (Wildman–Crippen LogP) is 1.00. The first kappa shape index (κ1) is 13.4. The van der Waals surface area contributed by atoms with Crippen LogP contribution in [0.5, 0.6) is 0 Å². The van der Waals surface area contributed by atoms with E-state index in [0.29, 0.717) is 6.04 Å². The lowest BCUT2D eigenvalue weighted by atomic mass is 10.2. The molecule has 1 saturated carbocycles. The zero-order valence-electron chi connectivity index (χ0n) is 12.0. The number of carbonyl (C=O) groups excluding carboxylic acids is 1. The third-order valence-electron chi connectivity index (χ3n) is 4.05. The first-order valence-electron chi connectivity index (χ1n) is 7.42. The maximum Gasteiger partial charge on any atom is 0.219 e. The predicted molar refractivity (Wildman–Crippen MR) is 78.6 cm³/mol. The van der Waals surface area contributed by atoms with Gasteiger partial charge < -0.3 is 15.1 Å². The summed E-state index contributed by atoms with van der Waals surface area (Å²) in [5.74, 6) is 1.24. The van der Waals surface area contributed by atoms with E-state index in [-0.39, 0.29) is 5.91 Å². The molecule has 1 N–H and O–H groups in total. The van der Waals surface area contributed by atoms with Crippen LogP contribution in [0.1, 0.15) is 25.3 Å². The van der Waals surface area contributed by atoms with Crippen molar-refractivity contribution in [2.24, 2.45) is 0 Å². The molecule has 2 aliphatic rings. The first-order valence-corrected chi connectivity index (χ1v) is 7.42. The number of piperazine rings is 1. The van der Waals surface area contributed by atoms with Gasteiger partial charge in [0, 0.05) is 57.4 Å². The highest BCUT2D eigenvalue weighted by Gasteiger charge is 2.23. The van der Waals surface area contributed by atoms with Crippen LogP contribution in [0.4, 0.5) is 5.82 Å². The Hall–Kier alpha value is -1.62. The normalized spacial score (nSPS) is 19.2. The number of rotatable bonds is 4. The van der Waals surface area contributed by atoms with Crippen molar-refractivity contribution in [2.75, 3.05) is 31.1 Å². The zero-order chi connectivity index (χ0) is 13.9. The molecule has 108 valence electrons. The fourth-order valence-electron chi connectivity index (χ4n) is 2.63. The van der Waals surface area contributed by atoms with E-state index in [0.717, 1.165) is 38.5 Å². The van der Waals surface area contributed by atoms with Crippen LogP contribution in [-0.4, -0.2) is 48.0 Å². The van der Waals surface area contributed by atoms with Gasteiger partial charge in [-0.3, -0.25) is 4.79 Å². The van der Waals surface area contributed by atoms with Crippen LogP contribution in [-0.2, 0) is 11.3 Å². The third kappa shape index (κ3) is 3.10. The molecular formula is C15H22N4O. The Labute approximate surface area is 120 Å². The average Bonchev–Trinajstić information content (AvgIpc) is 3.30. The smallest absolute Gasteiger partial charge is 0.219 e. The van der Waals surface area contributed by atoms with Gasteiger partial charge in [0.25, 0.3) is 0 Å². The molecule has 1 aromatic heterocycles. The highest BCUT2D eigenvalue weighted by Crippen LogP contribution is 2.22. The monoisotopic (exact) mass is 274 g/mol. The molecule has 0 atom stereocenters. The van der Waals surface area contributed by atoms with Crippen molar-refractivity contribution in [3.05, 3.63) is 23.9 Å². The molecule has 0 aromatic carbocycles. The quantitative estimate of drug-likeness (QED) is 0.890. The average molecular weight is 274 g/mol. The highest BCUT2D eigenvalue weighted by molar-refractivity contribution is 5.73. The molecular weight excluding hydrogens is 252 g/mol. The minimum absolute atomic E-state index is 0.168. The van der Waals surface area contributed by atoms with Crippen LogP contribution in [0, 0.1) is 0 Å². The van der Waals surface area contributed by atoms with Gasteiger partial charge in [0.2, 0.25) is 5.91 Å². The third-order valence-corrected chi connectivity index (χ3v) is 4.05. The summed E-state index contributed by atoms with van der Waals surface area (Å²) < 4.78 is 0. The van der Waals surface area contributed by atoms with E-state index in [1.165, 1.54) is 18.4 Å². The van der Waals surface area contributed by atoms with E-state index in [4.69, 9.17) is 0 Å². The molecule has 1 aliphatic carbocycles. The lowest BCUT2D eigenvalue weighted by Gasteiger charge is -2.35. The van der Waals surface area contributed by atoms with Gasteiger partial charge in [-0.1, -0.05) is 6.07 Å². The molecule has 5 nitrogen and oxygen atoms in total. The highest BCUT2D eigenvalue weighted by atomic mass is 16.2. The van der Waals surface area contributed by atoms with Crippen molar-refractivity contribution >= 4 is 11.7 Å². The minimum atomic E-state index is 0.168. The largest absolute Gasteiger partial charge is 0.353 e. The van der Waals surface area contributed by atoms with Crippen LogP contribution in [0.25, 0.3) is 0 Å². The Bertz CT molecular complexity index is 479. The number of nitrogens with zero attached hydrogens (tertiary/aromatic N) is 3. The molecule has 1 aromatic rings. The standard InChI is InChI=1S/C15H22N4O/c1-12(20)18-7-9-19(10-8-18)15-13(3-2-6-16-15)11-17-14-4-5-14/h2-3,6,14,17H,4-5,7-11H2,1H3. The van der Waals surface area contributed by atoms with Crippen molar-refractivity contribution in [3.63, 3.8) is 0 Å². The summed E-state index contributed by atoms with van der Waals surface area (Å²) >= 11 is 0. The molecule has 2 fully saturated rings. The van der Waals surface area contributed by atoms with Crippen molar-refractivity contribution in [3.8, 4) is 0 Å².